The minimum absolute atomic E-state index is 0.507. The van der Waals surface area contributed by atoms with Gasteiger partial charge in [0.1, 0.15) is 5.82 Å². The van der Waals surface area contributed by atoms with Crippen LogP contribution in [-0.2, 0) is 11.3 Å². The fourth-order valence-electron chi connectivity index (χ4n) is 1.72. The topological polar surface area (TPSA) is 49.9 Å². The number of aromatic amines is 1. The molecule has 1 aromatic rings. The Balaban J connectivity index is 1.76. The van der Waals surface area contributed by atoms with Crippen LogP contribution in [0.3, 0.4) is 0 Å². The summed E-state index contributed by atoms with van der Waals surface area (Å²) in [5, 5.41) is 3.45. The first-order chi connectivity index (χ1) is 6.84. The molecule has 1 unspecified atom stereocenters. The first kappa shape index (κ1) is 9.68. The van der Waals surface area contributed by atoms with Crippen LogP contribution in [-0.4, -0.2) is 29.2 Å². The highest BCUT2D eigenvalue weighted by Gasteiger charge is 2.12. The van der Waals surface area contributed by atoms with Crippen LogP contribution < -0.4 is 5.32 Å². The van der Waals surface area contributed by atoms with Gasteiger partial charge in [-0.15, -0.1) is 0 Å². The monoisotopic (exact) mass is 195 g/mol. The Morgan fingerprint density at radius 2 is 2.64 bits per heavy atom. The molecule has 2 heterocycles. The summed E-state index contributed by atoms with van der Waals surface area (Å²) < 4.78 is 5.39. The molecule has 0 radical (unpaired) electrons. The third kappa shape index (κ3) is 2.56. The standard InChI is InChI=1S/C10H17N3O/c1-8-11-5-10(13-8)6-12-9-3-2-4-14-7-9/h5,9,12H,2-4,6-7H2,1H3,(H,11,13). The molecule has 0 aliphatic carbocycles. The van der Waals surface area contributed by atoms with Crippen molar-refractivity contribution in [2.45, 2.75) is 32.4 Å². The Bertz CT molecular complexity index is 279. The lowest BCUT2D eigenvalue weighted by molar-refractivity contribution is 0.0698. The Kier molecular flexibility index (Phi) is 3.16. The Labute approximate surface area is 84.1 Å². The second kappa shape index (κ2) is 4.57. The highest BCUT2D eigenvalue weighted by molar-refractivity contribution is 4.99. The first-order valence-corrected chi connectivity index (χ1v) is 5.16. The average Bonchev–Trinajstić information content (AvgIpc) is 2.63. The lowest BCUT2D eigenvalue weighted by Crippen LogP contribution is -2.36. The second-order valence-electron chi connectivity index (χ2n) is 3.79. The van der Waals surface area contributed by atoms with Gasteiger partial charge in [-0.1, -0.05) is 0 Å². The Morgan fingerprint density at radius 1 is 1.71 bits per heavy atom. The number of H-pyrrole nitrogens is 1. The molecule has 2 rings (SSSR count). The van der Waals surface area contributed by atoms with Crippen molar-refractivity contribution in [1.82, 2.24) is 15.3 Å². The second-order valence-corrected chi connectivity index (χ2v) is 3.79. The highest BCUT2D eigenvalue weighted by atomic mass is 16.5. The predicted octanol–water partition coefficient (Wildman–Crippen LogP) is 0.987. The molecular formula is C10H17N3O. The van der Waals surface area contributed by atoms with Crippen LogP contribution in [0.5, 0.6) is 0 Å². The van der Waals surface area contributed by atoms with E-state index in [4.69, 9.17) is 4.74 Å². The quantitative estimate of drug-likeness (QED) is 0.756. The van der Waals surface area contributed by atoms with E-state index in [1.165, 1.54) is 12.8 Å². The highest BCUT2D eigenvalue weighted by Crippen LogP contribution is 2.06. The van der Waals surface area contributed by atoms with Crippen LogP contribution in [0.15, 0.2) is 6.20 Å². The third-order valence-corrected chi connectivity index (χ3v) is 2.50. The van der Waals surface area contributed by atoms with Gasteiger partial charge in [-0.2, -0.15) is 0 Å². The van der Waals surface area contributed by atoms with Crippen molar-refractivity contribution >= 4 is 0 Å². The largest absolute Gasteiger partial charge is 0.380 e. The van der Waals surface area contributed by atoms with E-state index >= 15 is 0 Å². The maximum atomic E-state index is 5.39. The molecule has 1 fully saturated rings. The fraction of sp³-hybridized carbons (Fsp3) is 0.700. The molecule has 78 valence electrons. The smallest absolute Gasteiger partial charge is 0.103 e. The molecule has 4 heteroatoms. The van der Waals surface area contributed by atoms with Crippen LogP contribution in [0.4, 0.5) is 0 Å². The van der Waals surface area contributed by atoms with Gasteiger partial charge in [0.05, 0.1) is 6.61 Å². The van der Waals surface area contributed by atoms with E-state index in [1.807, 2.05) is 13.1 Å². The summed E-state index contributed by atoms with van der Waals surface area (Å²) in [6.45, 7) is 4.58. The summed E-state index contributed by atoms with van der Waals surface area (Å²) in [5.41, 5.74) is 1.15. The number of nitrogens with one attached hydrogen (secondary N) is 2. The van der Waals surface area contributed by atoms with E-state index < -0.39 is 0 Å². The normalized spacial score (nSPS) is 22.5. The summed E-state index contributed by atoms with van der Waals surface area (Å²) in [4.78, 5) is 7.35. The molecule has 14 heavy (non-hydrogen) atoms. The number of imidazole rings is 1. The Morgan fingerprint density at radius 3 is 3.29 bits per heavy atom. The van der Waals surface area contributed by atoms with E-state index in [0.29, 0.717) is 6.04 Å². The molecule has 0 spiro atoms. The molecule has 4 nitrogen and oxygen atoms in total. The van der Waals surface area contributed by atoms with Crippen molar-refractivity contribution < 1.29 is 4.74 Å². The van der Waals surface area contributed by atoms with Gasteiger partial charge >= 0.3 is 0 Å². The molecule has 0 aromatic carbocycles. The lowest BCUT2D eigenvalue weighted by Gasteiger charge is -2.22. The zero-order chi connectivity index (χ0) is 9.80. The number of rotatable bonds is 3. The summed E-state index contributed by atoms with van der Waals surface area (Å²) in [6.07, 6.45) is 4.26. The van der Waals surface area contributed by atoms with Crippen LogP contribution >= 0.6 is 0 Å². The number of ether oxygens (including phenoxy) is 1. The number of aryl methyl sites for hydroxylation is 1. The SMILES string of the molecule is Cc1ncc(CNC2CCCOC2)[nH]1. The van der Waals surface area contributed by atoms with Crippen molar-refractivity contribution in [3.05, 3.63) is 17.7 Å². The van der Waals surface area contributed by atoms with E-state index in [1.54, 1.807) is 0 Å². The molecule has 1 aliphatic rings. The van der Waals surface area contributed by atoms with Crippen LogP contribution in [0, 0.1) is 6.92 Å². The van der Waals surface area contributed by atoms with Crippen molar-refractivity contribution in [1.29, 1.82) is 0 Å². The predicted molar refractivity (Wildman–Crippen MR) is 54.0 cm³/mol. The van der Waals surface area contributed by atoms with Gasteiger partial charge in [-0.05, 0) is 19.8 Å². The number of nitrogens with zero attached hydrogens (tertiary/aromatic N) is 1. The van der Waals surface area contributed by atoms with Gasteiger partial charge < -0.3 is 15.0 Å². The zero-order valence-corrected chi connectivity index (χ0v) is 8.55. The van der Waals surface area contributed by atoms with Gasteiger partial charge in [-0.25, -0.2) is 4.98 Å². The number of aromatic nitrogens is 2. The molecule has 0 bridgehead atoms. The molecule has 1 aliphatic heterocycles. The zero-order valence-electron chi connectivity index (χ0n) is 8.55. The van der Waals surface area contributed by atoms with Crippen LogP contribution in [0.1, 0.15) is 24.4 Å². The minimum atomic E-state index is 0.507. The summed E-state index contributed by atoms with van der Waals surface area (Å²) >= 11 is 0. The maximum Gasteiger partial charge on any atom is 0.103 e. The summed E-state index contributed by atoms with van der Waals surface area (Å²) in [7, 11) is 0. The van der Waals surface area contributed by atoms with E-state index in [2.05, 4.69) is 15.3 Å². The Hall–Kier alpha value is -0.870. The van der Waals surface area contributed by atoms with Gasteiger partial charge in [0.25, 0.3) is 0 Å². The molecular weight excluding hydrogens is 178 g/mol. The first-order valence-electron chi connectivity index (χ1n) is 5.16. The molecule has 1 saturated heterocycles. The van der Waals surface area contributed by atoms with Crippen molar-refractivity contribution in [2.75, 3.05) is 13.2 Å². The summed E-state index contributed by atoms with van der Waals surface area (Å²) in [5.74, 6) is 0.974. The van der Waals surface area contributed by atoms with Gasteiger partial charge in [-0.3, -0.25) is 0 Å². The number of hydrogen-bond acceptors (Lipinski definition) is 3. The summed E-state index contributed by atoms with van der Waals surface area (Å²) in [6, 6.07) is 0.507. The fourth-order valence-corrected chi connectivity index (χ4v) is 1.72. The van der Waals surface area contributed by atoms with Gasteiger partial charge in [0, 0.05) is 31.1 Å². The number of hydrogen-bond donors (Lipinski definition) is 2. The van der Waals surface area contributed by atoms with E-state index in [0.717, 1.165) is 31.3 Å². The maximum absolute atomic E-state index is 5.39. The lowest BCUT2D eigenvalue weighted by atomic mass is 10.1. The molecule has 0 amide bonds. The van der Waals surface area contributed by atoms with Crippen molar-refractivity contribution in [2.24, 2.45) is 0 Å². The van der Waals surface area contributed by atoms with E-state index in [-0.39, 0.29) is 0 Å². The van der Waals surface area contributed by atoms with E-state index in [9.17, 15) is 0 Å². The minimum Gasteiger partial charge on any atom is -0.380 e. The molecule has 1 atom stereocenters. The van der Waals surface area contributed by atoms with Crippen molar-refractivity contribution in [3.8, 4) is 0 Å². The van der Waals surface area contributed by atoms with Gasteiger partial charge in [0.2, 0.25) is 0 Å². The average molecular weight is 195 g/mol. The molecule has 2 N–H and O–H groups in total. The molecule has 1 aromatic heterocycles. The third-order valence-electron chi connectivity index (χ3n) is 2.50. The van der Waals surface area contributed by atoms with Crippen molar-refractivity contribution in [3.63, 3.8) is 0 Å². The van der Waals surface area contributed by atoms with Crippen LogP contribution in [0.2, 0.25) is 0 Å². The van der Waals surface area contributed by atoms with Gasteiger partial charge in [0.15, 0.2) is 0 Å². The molecule has 0 saturated carbocycles. The van der Waals surface area contributed by atoms with Crippen LogP contribution in [0.25, 0.3) is 0 Å².